The summed E-state index contributed by atoms with van der Waals surface area (Å²) in [7, 11) is 3.13. The standard InChI is InChI=1S/C33H35N3O5S/c1-9-41-32(38)29-21(5)34-33-36(30(29)26-17-25(39-7)10-11-27(26)40-8)31(37)28(42-33)16-23-15-20(4)35(22(23)6)24-13-18(2)12-19(3)14-24/h10-17,30H,9H2,1-8H3/b28-16+/t30-/m1/s1. The van der Waals surface area contributed by atoms with E-state index in [1.54, 1.807) is 50.8 Å². The van der Waals surface area contributed by atoms with Crippen molar-refractivity contribution in [2.75, 3.05) is 20.8 Å². The van der Waals surface area contributed by atoms with Gasteiger partial charge in [0.2, 0.25) is 0 Å². The Hall–Kier alpha value is -4.37. The Morgan fingerprint density at radius 1 is 1.00 bits per heavy atom. The molecule has 1 atom stereocenters. The molecule has 1 aliphatic heterocycles. The predicted molar refractivity (Wildman–Crippen MR) is 165 cm³/mol. The number of carbonyl (C=O) groups is 1. The second-order valence-corrected chi connectivity index (χ2v) is 11.4. The van der Waals surface area contributed by atoms with Crippen LogP contribution in [0.1, 0.15) is 53.5 Å². The van der Waals surface area contributed by atoms with E-state index in [9.17, 15) is 9.59 Å². The Bertz CT molecular complexity index is 1910. The third kappa shape index (κ3) is 5.09. The number of allylic oxidation sites excluding steroid dienone is 1. The summed E-state index contributed by atoms with van der Waals surface area (Å²) in [5.74, 6) is 0.563. The molecule has 0 spiro atoms. The molecule has 0 fully saturated rings. The molecule has 5 rings (SSSR count). The SMILES string of the molecule is CCOC(=O)C1=C(C)N=c2s/c(=C/c3cc(C)n(-c4cc(C)cc(C)c4)c3C)c(=O)n2[C@@H]1c1cc(OC)ccc1OC. The summed E-state index contributed by atoms with van der Waals surface area (Å²) in [6, 6.07) is 13.1. The van der Waals surface area contributed by atoms with Gasteiger partial charge < -0.3 is 18.8 Å². The van der Waals surface area contributed by atoms with Gasteiger partial charge in [0.1, 0.15) is 17.5 Å². The van der Waals surface area contributed by atoms with Gasteiger partial charge in [-0.2, -0.15) is 0 Å². The highest BCUT2D eigenvalue weighted by molar-refractivity contribution is 7.07. The number of methoxy groups -OCH3 is 2. The summed E-state index contributed by atoms with van der Waals surface area (Å²) in [5, 5.41) is 0. The zero-order chi connectivity index (χ0) is 30.3. The van der Waals surface area contributed by atoms with Gasteiger partial charge in [0.05, 0.1) is 36.6 Å². The summed E-state index contributed by atoms with van der Waals surface area (Å²) < 4.78 is 20.9. The molecule has 8 nitrogen and oxygen atoms in total. The average Bonchev–Trinajstić information content (AvgIpc) is 3.40. The monoisotopic (exact) mass is 585 g/mol. The number of ether oxygens (including phenoxy) is 3. The maximum atomic E-state index is 14.2. The van der Waals surface area contributed by atoms with Crippen LogP contribution in [-0.4, -0.2) is 35.9 Å². The molecule has 4 aromatic rings. The molecule has 42 heavy (non-hydrogen) atoms. The first kappa shape index (κ1) is 29.1. The molecule has 218 valence electrons. The summed E-state index contributed by atoms with van der Waals surface area (Å²) >= 11 is 1.29. The maximum absolute atomic E-state index is 14.2. The Labute approximate surface area is 248 Å². The molecule has 0 unspecified atom stereocenters. The van der Waals surface area contributed by atoms with Crippen molar-refractivity contribution in [3.8, 4) is 17.2 Å². The topological polar surface area (TPSA) is 84.1 Å². The number of aryl methyl sites for hydroxylation is 3. The van der Waals surface area contributed by atoms with E-state index in [-0.39, 0.29) is 17.7 Å². The Morgan fingerprint density at radius 2 is 1.71 bits per heavy atom. The van der Waals surface area contributed by atoms with Gasteiger partial charge in [0, 0.05) is 22.6 Å². The van der Waals surface area contributed by atoms with Crippen LogP contribution in [0.5, 0.6) is 11.5 Å². The number of esters is 1. The molecule has 1 aliphatic rings. The van der Waals surface area contributed by atoms with Crippen molar-refractivity contribution in [2.45, 2.75) is 47.6 Å². The highest BCUT2D eigenvalue weighted by Crippen LogP contribution is 2.38. The Morgan fingerprint density at radius 3 is 2.36 bits per heavy atom. The molecule has 2 aromatic carbocycles. The van der Waals surface area contributed by atoms with Crippen molar-refractivity contribution in [1.29, 1.82) is 0 Å². The van der Waals surface area contributed by atoms with Gasteiger partial charge in [0.25, 0.3) is 5.56 Å². The molecular formula is C33H35N3O5S. The van der Waals surface area contributed by atoms with Crippen molar-refractivity contribution in [3.05, 3.63) is 107 Å². The molecule has 0 amide bonds. The van der Waals surface area contributed by atoms with Gasteiger partial charge in [-0.05, 0) is 101 Å². The van der Waals surface area contributed by atoms with Gasteiger partial charge in [-0.1, -0.05) is 17.4 Å². The van der Waals surface area contributed by atoms with Crippen LogP contribution in [0.3, 0.4) is 0 Å². The van der Waals surface area contributed by atoms with Crippen LogP contribution in [0, 0.1) is 27.7 Å². The molecule has 9 heteroatoms. The minimum atomic E-state index is -0.810. The van der Waals surface area contributed by atoms with Crippen molar-refractivity contribution < 1.29 is 19.0 Å². The van der Waals surface area contributed by atoms with Gasteiger partial charge in [-0.15, -0.1) is 0 Å². The predicted octanol–water partition coefficient (Wildman–Crippen LogP) is 4.84. The fourth-order valence-corrected chi connectivity index (χ4v) is 6.73. The third-order valence-corrected chi connectivity index (χ3v) is 8.45. The molecule has 0 N–H and O–H groups in total. The summed E-state index contributed by atoms with van der Waals surface area (Å²) in [6.07, 6.45) is 1.91. The van der Waals surface area contributed by atoms with E-state index < -0.39 is 12.0 Å². The summed E-state index contributed by atoms with van der Waals surface area (Å²) in [6.45, 7) is 12.0. The molecule has 0 saturated heterocycles. The minimum absolute atomic E-state index is 0.193. The number of fused-ring (bicyclic) bond motifs is 1. The van der Waals surface area contributed by atoms with E-state index in [2.05, 4.69) is 56.5 Å². The number of hydrogen-bond donors (Lipinski definition) is 0. The van der Waals surface area contributed by atoms with Crippen LogP contribution in [0.25, 0.3) is 11.8 Å². The molecule has 0 saturated carbocycles. The average molecular weight is 586 g/mol. The van der Waals surface area contributed by atoms with Gasteiger partial charge in [0.15, 0.2) is 4.80 Å². The lowest BCUT2D eigenvalue weighted by Crippen LogP contribution is -2.40. The molecule has 3 heterocycles. The van der Waals surface area contributed by atoms with Crippen LogP contribution in [0.2, 0.25) is 0 Å². The van der Waals surface area contributed by atoms with Gasteiger partial charge >= 0.3 is 5.97 Å². The highest BCUT2D eigenvalue weighted by Gasteiger charge is 2.35. The molecular weight excluding hydrogens is 550 g/mol. The van der Waals surface area contributed by atoms with Crippen molar-refractivity contribution in [3.63, 3.8) is 0 Å². The molecule has 2 aromatic heterocycles. The highest BCUT2D eigenvalue weighted by atomic mass is 32.1. The zero-order valence-electron chi connectivity index (χ0n) is 25.2. The number of carbonyl (C=O) groups excluding carboxylic acids is 1. The molecule has 0 aliphatic carbocycles. The summed E-state index contributed by atoms with van der Waals surface area (Å²) in [4.78, 5) is 32.7. The second kappa shape index (κ2) is 11.5. The van der Waals surface area contributed by atoms with E-state index in [4.69, 9.17) is 19.2 Å². The smallest absolute Gasteiger partial charge is 0.338 e. The third-order valence-electron chi connectivity index (χ3n) is 7.47. The largest absolute Gasteiger partial charge is 0.497 e. The lowest BCUT2D eigenvalue weighted by atomic mass is 9.94. The van der Waals surface area contributed by atoms with E-state index in [1.165, 1.54) is 22.5 Å². The van der Waals surface area contributed by atoms with Crippen LogP contribution < -0.4 is 24.4 Å². The molecule has 0 bridgehead atoms. The Balaban J connectivity index is 1.74. The van der Waals surface area contributed by atoms with Crippen molar-refractivity contribution >= 4 is 23.4 Å². The Kier molecular flexibility index (Phi) is 7.97. The van der Waals surface area contributed by atoms with Crippen LogP contribution in [0.4, 0.5) is 0 Å². The zero-order valence-corrected chi connectivity index (χ0v) is 26.0. The number of benzene rings is 2. The molecule has 0 radical (unpaired) electrons. The van der Waals surface area contributed by atoms with Crippen molar-refractivity contribution in [1.82, 2.24) is 9.13 Å². The van der Waals surface area contributed by atoms with Gasteiger partial charge in [-0.25, -0.2) is 9.79 Å². The van der Waals surface area contributed by atoms with Crippen LogP contribution in [-0.2, 0) is 9.53 Å². The fourth-order valence-electron chi connectivity index (χ4n) is 5.69. The first-order valence-electron chi connectivity index (χ1n) is 13.8. The van der Waals surface area contributed by atoms with Crippen molar-refractivity contribution in [2.24, 2.45) is 4.99 Å². The normalized spacial score (nSPS) is 15.0. The maximum Gasteiger partial charge on any atom is 0.338 e. The first-order valence-corrected chi connectivity index (χ1v) is 14.6. The quantitative estimate of drug-likeness (QED) is 0.290. The number of nitrogens with zero attached hydrogens (tertiary/aromatic N) is 3. The lowest BCUT2D eigenvalue weighted by molar-refractivity contribution is -0.139. The fraction of sp³-hybridized carbons (Fsp3) is 0.303. The first-order chi connectivity index (χ1) is 20.1. The number of hydrogen-bond acceptors (Lipinski definition) is 7. The van der Waals surface area contributed by atoms with E-state index in [0.717, 1.165) is 22.6 Å². The second-order valence-electron chi connectivity index (χ2n) is 10.4. The van der Waals surface area contributed by atoms with Crippen LogP contribution in [0.15, 0.2) is 63.5 Å². The van der Waals surface area contributed by atoms with E-state index in [1.807, 2.05) is 6.08 Å². The number of thiazole rings is 1. The van der Waals surface area contributed by atoms with Crippen LogP contribution >= 0.6 is 11.3 Å². The number of aromatic nitrogens is 2. The van der Waals surface area contributed by atoms with E-state index >= 15 is 0 Å². The lowest BCUT2D eigenvalue weighted by Gasteiger charge is -2.26. The minimum Gasteiger partial charge on any atom is -0.497 e. The van der Waals surface area contributed by atoms with E-state index in [0.29, 0.717) is 32.1 Å². The van der Waals surface area contributed by atoms with Gasteiger partial charge in [-0.3, -0.25) is 9.36 Å². The number of rotatable bonds is 7. The summed E-state index contributed by atoms with van der Waals surface area (Å²) in [5.41, 5.74) is 7.63.